The fourth-order valence-corrected chi connectivity index (χ4v) is 4.72. The van der Waals surface area contributed by atoms with Crippen molar-refractivity contribution in [3.05, 3.63) is 89.7 Å². The van der Waals surface area contributed by atoms with Crippen molar-refractivity contribution in [2.24, 2.45) is 0 Å². The van der Waals surface area contributed by atoms with Crippen molar-refractivity contribution in [1.82, 2.24) is 19.7 Å². The van der Waals surface area contributed by atoms with Crippen LogP contribution in [0.15, 0.2) is 78.1 Å². The number of morpholine rings is 1. The van der Waals surface area contributed by atoms with Crippen molar-refractivity contribution in [2.45, 2.75) is 24.4 Å². The molecule has 0 N–H and O–H groups in total. The number of pyridine rings is 1. The van der Waals surface area contributed by atoms with Gasteiger partial charge in [0.15, 0.2) is 5.16 Å². The summed E-state index contributed by atoms with van der Waals surface area (Å²) >= 11 is 1.69. The number of hydrogen-bond donors (Lipinski definition) is 0. The molecule has 34 heavy (non-hydrogen) atoms. The number of anilines is 1. The monoisotopic (exact) mass is 473 g/mol. The van der Waals surface area contributed by atoms with E-state index in [2.05, 4.69) is 68.0 Å². The summed E-state index contributed by atoms with van der Waals surface area (Å²) in [6.45, 7) is 5.62. The molecule has 0 spiro atoms. The second-order valence-electron chi connectivity index (χ2n) is 8.05. The molecular weight excluding hydrogens is 446 g/mol. The predicted molar refractivity (Wildman–Crippen MR) is 134 cm³/mol. The standard InChI is InChI=1S/C26H27N5O2S/c1-20-6-2-3-8-24(20)31-25(30-14-16-32-17-15-30)28-29-26(31)34-19-21-9-11-23(12-10-21)33-18-22-7-4-5-13-27-22/h2-13H,14-19H2,1H3. The number of aryl methyl sites for hydroxylation is 1. The van der Waals surface area contributed by atoms with E-state index in [0.29, 0.717) is 19.8 Å². The van der Waals surface area contributed by atoms with Gasteiger partial charge in [0, 0.05) is 25.0 Å². The van der Waals surface area contributed by atoms with Gasteiger partial charge in [-0.2, -0.15) is 0 Å². The minimum Gasteiger partial charge on any atom is -0.487 e. The Bertz CT molecular complexity index is 1210. The lowest BCUT2D eigenvalue weighted by Crippen LogP contribution is -2.38. The summed E-state index contributed by atoms with van der Waals surface area (Å²) in [6, 6.07) is 22.4. The third kappa shape index (κ3) is 5.24. The summed E-state index contributed by atoms with van der Waals surface area (Å²) in [5.41, 5.74) is 4.40. The molecule has 1 fully saturated rings. The number of nitrogens with zero attached hydrogens (tertiary/aromatic N) is 5. The van der Waals surface area contributed by atoms with Crippen LogP contribution in [0.2, 0.25) is 0 Å². The van der Waals surface area contributed by atoms with Gasteiger partial charge in [0.25, 0.3) is 0 Å². The van der Waals surface area contributed by atoms with Gasteiger partial charge in [-0.15, -0.1) is 10.2 Å². The van der Waals surface area contributed by atoms with Crippen LogP contribution in [0.3, 0.4) is 0 Å². The second kappa shape index (κ2) is 10.7. The zero-order valence-electron chi connectivity index (χ0n) is 19.1. The average molecular weight is 474 g/mol. The highest BCUT2D eigenvalue weighted by Gasteiger charge is 2.22. The molecule has 0 radical (unpaired) electrons. The summed E-state index contributed by atoms with van der Waals surface area (Å²) in [6.07, 6.45) is 1.78. The summed E-state index contributed by atoms with van der Waals surface area (Å²) in [5.74, 6) is 2.49. The van der Waals surface area contributed by atoms with Crippen LogP contribution in [-0.2, 0) is 17.1 Å². The Morgan fingerprint density at radius 3 is 2.50 bits per heavy atom. The zero-order valence-corrected chi connectivity index (χ0v) is 19.9. The van der Waals surface area contributed by atoms with Crippen LogP contribution in [0.5, 0.6) is 5.75 Å². The molecule has 1 aliphatic rings. The minimum absolute atomic E-state index is 0.457. The normalized spacial score (nSPS) is 13.7. The largest absolute Gasteiger partial charge is 0.487 e. The summed E-state index contributed by atoms with van der Waals surface area (Å²) in [7, 11) is 0. The number of benzene rings is 2. The molecule has 1 aliphatic heterocycles. The van der Waals surface area contributed by atoms with E-state index in [-0.39, 0.29) is 0 Å². The van der Waals surface area contributed by atoms with Crippen LogP contribution >= 0.6 is 11.8 Å². The van der Waals surface area contributed by atoms with Gasteiger partial charge in [-0.1, -0.05) is 48.2 Å². The van der Waals surface area contributed by atoms with E-state index in [1.54, 1.807) is 18.0 Å². The van der Waals surface area contributed by atoms with Crippen LogP contribution < -0.4 is 9.64 Å². The molecule has 8 heteroatoms. The second-order valence-corrected chi connectivity index (χ2v) is 8.99. The van der Waals surface area contributed by atoms with E-state index >= 15 is 0 Å². The first kappa shape index (κ1) is 22.4. The Balaban J connectivity index is 1.30. The van der Waals surface area contributed by atoms with Gasteiger partial charge in [0.05, 0.1) is 24.6 Å². The minimum atomic E-state index is 0.457. The van der Waals surface area contributed by atoms with Gasteiger partial charge in [-0.3, -0.25) is 9.55 Å². The Morgan fingerprint density at radius 1 is 0.941 bits per heavy atom. The first-order chi connectivity index (χ1) is 16.8. The molecule has 0 bridgehead atoms. The molecule has 174 valence electrons. The lowest BCUT2D eigenvalue weighted by molar-refractivity contribution is 0.122. The van der Waals surface area contributed by atoms with E-state index in [1.165, 1.54) is 11.1 Å². The van der Waals surface area contributed by atoms with Crippen LogP contribution in [0.1, 0.15) is 16.8 Å². The van der Waals surface area contributed by atoms with E-state index in [9.17, 15) is 0 Å². The first-order valence-electron chi connectivity index (χ1n) is 11.4. The number of para-hydroxylation sites is 1. The molecule has 0 saturated carbocycles. The van der Waals surface area contributed by atoms with Crippen LogP contribution in [-0.4, -0.2) is 46.1 Å². The highest BCUT2D eigenvalue weighted by Crippen LogP contribution is 2.31. The van der Waals surface area contributed by atoms with Gasteiger partial charge in [-0.05, 0) is 48.4 Å². The molecule has 4 aromatic rings. The summed E-state index contributed by atoms with van der Waals surface area (Å²) in [5, 5.41) is 10.0. The van der Waals surface area contributed by atoms with Gasteiger partial charge >= 0.3 is 0 Å². The first-order valence-corrected chi connectivity index (χ1v) is 12.3. The van der Waals surface area contributed by atoms with E-state index in [0.717, 1.165) is 47.1 Å². The van der Waals surface area contributed by atoms with Crippen LogP contribution in [0, 0.1) is 6.92 Å². The average Bonchev–Trinajstić information content (AvgIpc) is 3.32. The molecule has 0 atom stereocenters. The van der Waals surface area contributed by atoms with Gasteiger partial charge in [0.2, 0.25) is 5.95 Å². The highest BCUT2D eigenvalue weighted by atomic mass is 32.2. The molecule has 2 aromatic heterocycles. The molecule has 1 saturated heterocycles. The Labute approximate surface area is 203 Å². The quantitative estimate of drug-likeness (QED) is 0.344. The third-order valence-electron chi connectivity index (χ3n) is 5.67. The highest BCUT2D eigenvalue weighted by molar-refractivity contribution is 7.98. The molecule has 0 unspecified atom stereocenters. The molecule has 3 heterocycles. The Kier molecular flexibility index (Phi) is 7.07. The number of thioether (sulfide) groups is 1. The topological polar surface area (TPSA) is 65.3 Å². The maximum Gasteiger partial charge on any atom is 0.232 e. The van der Waals surface area contributed by atoms with E-state index < -0.39 is 0 Å². The maximum absolute atomic E-state index is 5.86. The SMILES string of the molecule is Cc1ccccc1-n1c(SCc2ccc(OCc3ccccn3)cc2)nnc1N1CCOCC1. The number of aromatic nitrogens is 4. The lowest BCUT2D eigenvalue weighted by atomic mass is 10.2. The third-order valence-corrected chi connectivity index (χ3v) is 6.67. The Hall–Kier alpha value is -3.36. The van der Waals surface area contributed by atoms with Crippen LogP contribution in [0.25, 0.3) is 5.69 Å². The van der Waals surface area contributed by atoms with Crippen molar-refractivity contribution in [1.29, 1.82) is 0 Å². The summed E-state index contributed by atoms with van der Waals surface area (Å²) in [4.78, 5) is 6.55. The Morgan fingerprint density at radius 2 is 1.74 bits per heavy atom. The van der Waals surface area contributed by atoms with Gasteiger partial charge in [0.1, 0.15) is 12.4 Å². The number of rotatable bonds is 8. The lowest BCUT2D eigenvalue weighted by Gasteiger charge is -2.28. The van der Waals surface area contributed by atoms with Gasteiger partial charge < -0.3 is 14.4 Å². The fraction of sp³-hybridized carbons (Fsp3) is 0.269. The molecule has 5 rings (SSSR count). The smallest absolute Gasteiger partial charge is 0.232 e. The van der Waals surface area contributed by atoms with Crippen molar-refractivity contribution >= 4 is 17.7 Å². The van der Waals surface area contributed by atoms with Crippen LogP contribution in [0.4, 0.5) is 5.95 Å². The number of hydrogen-bond acceptors (Lipinski definition) is 7. The fourth-order valence-electron chi connectivity index (χ4n) is 3.82. The molecule has 2 aromatic carbocycles. The maximum atomic E-state index is 5.86. The van der Waals surface area contributed by atoms with Crippen molar-refractivity contribution in [2.75, 3.05) is 31.2 Å². The summed E-state index contributed by atoms with van der Waals surface area (Å²) < 4.78 is 13.6. The van der Waals surface area contributed by atoms with E-state index in [4.69, 9.17) is 9.47 Å². The molecule has 0 aliphatic carbocycles. The van der Waals surface area contributed by atoms with Crippen molar-refractivity contribution in [3.63, 3.8) is 0 Å². The van der Waals surface area contributed by atoms with Crippen molar-refractivity contribution < 1.29 is 9.47 Å². The number of ether oxygens (including phenoxy) is 2. The molecule has 7 nitrogen and oxygen atoms in total. The van der Waals surface area contributed by atoms with E-state index in [1.807, 2.05) is 30.3 Å². The predicted octanol–water partition coefficient (Wildman–Crippen LogP) is 4.68. The molecular formula is C26H27N5O2S. The molecule has 0 amide bonds. The zero-order chi connectivity index (χ0) is 23.2. The van der Waals surface area contributed by atoms with Crippen molar-refractivity contribution in [3.8, 4) is 11.4 Å². The van der Waals surface area contributed by atoms with Gasteiger partial charge in [-0.25, -0.2) is 0 Å².